The first-order chi connectivity index (χ1) is 11.9. The summed E-state index contributed by atoms with van der Waals surface area (Å²) < 4.78 is 31.9. The van der Waals surface area contributed by atoms with Crippen LogP contribution in [0.5, 0.6) is 5.75 Å². The fraction of sp³-hybridized carbons (Fsp3) is 0.176. The first-order valence-electron chi connectivity index (χ1n) is 7.34. The number of nitriles is 1. The lowest BCUT2D eigenvalue weighted by molar-refractivity contribution is -0.139. The van der Waals surface area contributed by atoms with Crippen molar-refractivity contribution >= 4 is 16.0 Å². The molecule has 0 saturated carbocycles. The van der Waals surface area contributed by atoms with Crippen LogP contribution in [-0.2, 0) is 21.2 Å². The topological polar surface area (TPSA) is 116 Å². The maximum atomic E-state index is 12.2. The van der Waals surface area contributed by atoms with E-state index in [-0.39, 0.29) is 11.4 Å². The van der Waals surface area contributed by atoms with Crippen molar-refractivity contribution in [3.8, 4) is 11.8 Å². The smallest absolute Gasteiger partial charge is 0.341 e. The molecule has 2 aromatic carbocycles. The molecule has 0 amide bonds. The molecule has 130 valence electrons. The van der Waals surface area contributed by atoms with Gasteiger partial charge in [0.15, 0.2) is 6.61 Å². The van der Waals surface area contributed by atoms with Crippen molar-refractivity contribution in [2.45, 2.75) is 11.3 Å². The Morgan fingerprint density at radius 1 is 1.20 bits per heavy atom. The molecule has 0 aliphatic carbocycles. The van der Waals surface area contributed by atoms with Gasteiger partial charge in [0, 0.05) is 6.54 Å². The van der Waals surface area contributed by atoms with Crippen molar-refractivity contribution in [3.63, 3.8) is 0 Å². The number of nitrogens with one attached hydrogen (secondary N) is 1. The third-order valence-corrected chi connectivity index (χ3v) is 4.74. The van der Waals surface area contributed by atoms with E-state index in [0.717, 1.165) is 5.56 Å². The summed E-state index contributed by atoms with van der Waals surface area (Å²) in [5, 5.41) is 17.3. The molecular formula is C17H16N2O5S. The number of aliphatic carboxylic acids is 1. The van der Waals surface area contributed by atoms with Crippen molar-refractivity contribution in [1.29, 1.82) is 5.26 Å². The van der Waals surface area contributed by atoms with Crippen molar-refractivity contribution in [1.82, 2.24) is 4.72 Å². The summed E-state index contributed by atoms with van der Waals surface area (Å²) in [7, 11) is -3.66. The Kier molecular flexibility index (Phi) is 6.11. The van der Waals surface area contributed by atoms with Gasteiger partial charge >= 0.3 is 5.97 Å². The van der Waals surface area contributed by atoms with Crippen molar-refractivity contribution in [2.24, 2.45) is 0 Å². The molecule has 7 nitrogen and oxygen atoms in total. The Bertz CT molecular complexity index is 886. The molecule has 2 rings (SSSR count). The highest BCUT2D eigenvalue weighted by molar-refractivity contribution is 7.89. The molecular weight excluding hydrogens is 344 g/mol. The summed E-state index contributed by atoms with van der Waals surface area (Å²) in [5.74, 6) is -0.657. The number of sulfonamides is 1. The fourth-order valence-corrected chi connectivity index (χ4v) is 3.09. The number of nitrogens with zero attached hydrogens (tertiary/aromatic N) is 1. The van der Waals surface area contributed by atoms with E-state index in [2.05, 4.69) is 4.72 Å². The van der Waals surface area contributed by atoms with Gasteiger partial charge in [-0.15, -0.1) is 0 Å². The van der Waals surface area contributed by atoms with E-state index in [1.54, 1.807) is 24.3 Å². The van der Waals surface area contributed by atoms with Gasteiger partial charge < -0.3 is 9.84 Å². The van der Waals surface area contributed by atoms with Crippen LogP contribution in [-0.4, -0.2) is 32.6 Å². The first kappa shape index (κ1) is 18.4. The van der Waals surface area contributed by atoms with E-state index in [0.29, 0.717) is 17.7 Å². The third-order valence-electron chi connectivity index (χ3n) is 3.26. The van der Waals surface area contributed by atoms with Crippen LogP contribution < -0.4 is 9.46 Å². The molecule has 0 aliphatic heterocycles. The Balaban J connectivity index is 1.94. The van der Waals surface area contributed by atoms with Crippen molar-refractivity contribution < 1.29 is 23.1 Å². The number of hydrogen-bond donors (Lipinski definition) is 2. The Hall–Kier alpha value is -2.89. The van der Waals surface area contributed by atoms with Crippen LogP contribution in [0.25, 0.3) is 0 Å². The maximum absolute atomic E-state index is 12.2. The number of benzene rings is 2. The largest absolute Gasteiger partial charge is 0.482 e. The van der Waals surface area contributed by atoms with Gasteiger partial charge in [-0.25, -0.2) is 17.9 Å². The van der Waals surface area contributed by atoms with Gasteiger partial charge in [-0.05, 0) is 48.4 Å². The fourth-order valence-electron chi connectivity index (χ4n) is 2.06. The van der Waals surface area contributed by atoms with E-state index >= 15 is 0 Å². The Morgan fingerprint density at radius 3 is 2.56 bits per heavy atom. The maximum Gasteiger partial charge on any atom is 0.341 e. The number of rotatable bonds is 8. The minimum absolute atomic E-state index is 0.0880. The second-order valence-electron chi connectivity index (χ2n) is 5.11. The third kappa shape index (κ3) is 5.60. The molecule has 25 heavy (non-hydrogen) atoms. The first-order valence-corrected chi connectivity index (χ1v) is 8.82. The molecule has 0 aromatic heterocycles. The van der Waals surface area contributed by atoms with Crippen LogP contribution in [0.4, 0.5) is 0 Å². The van der Waals surface area contributed by atoms with Crippen LogP contribution in [0, 0.1) is 11.3 Å². The number of ether oxygens (including phenoxy) is 1. The quantitative estimate of drug-likeness (QED) is 0.737. The van der Waals surface area contributed by atoms with Gasteiger partial charge in [-0.3, -0.25) is 0 Å². The van der Waals surface area contributed by atoms with Gasteiger partial charge in [0.2, 0.25) is 10.0 Å². The molecule has 2 aromatic rings. The molecule has 0 bridgehead atoms. The van der Waals surface area contributed by atoms with E-state index in [1.807, 2.05) is 6.07 Å². The van der Waals surface area contributed by atoms with Crippen LogP contribution in [0.15, 0.2) is 53.4 Å². The molecule has 0 unspecified atom stereocenters. The lowest BCUT2D eigenvalue weighted by atomic mass is 10.1. The summed E-state index contributed by atoms with van der Waals surface area (Å²) in [5.41, 5.74) is 1.20. The summed E-state index contributed by atoms with van der Waals surface area (Å²) in [4.78, 5) is 10.6. The van der Waals surface area contributed by atoms with Gasteiger partial charge in [0.1, 0.15) is 5.75 Å². The zero-order valence-electron chi connectivity index (χ0n) is 13.2. The van der Waals surface area contributed by atoms with Gasteiger partial charge in [-0.2, -0.15) is 5.26 Å². The summed E-state index contributed by atoms with van der Waals surface area (Å²) in [6.45, 7) is -0.264. The zero-order valence-corrected chi connectivity index (χ0v) is 14.0. The van der Waals surface area contributed by atoms with Crippen LogP contribution in [0.3, 0.4) is 0 Å². The molecule has 8 heteroatoms. The van der Waals surface area contributed by atoms with Gasteiger partial charge in [0.05, 0.1) is 16.5 Å². The number of carboxylic acid groups (broad SMARTS) is 1. The molecule has 0 fully saturated rings. The average molecular weight is 360 g/mol. The standard InChI is InChI=1S/C17H16N2O5S/c18-11-14-4-6-16(7-5-14)25(22,23)19-9-8-13-2-1-3-15(10-13)24-12-17(20)21/h1-7,10,19H,8-9,12H2,(H,20,21). The molecule has 2 N–H and O–H groups in total. The average Bonchev–Trinajstić information content (AvgIpc) is 2.60. The monoisotopic (exact) mass is 360 g/mol. The van der Waals surface area contributed by atoms with Crippen LogP contribution in [0.2, 0.25) is 0 Å². The molecule has 0 radical (unpaired) electrons. The van der Waals surface area contributed by atoms with Crippen molar-refractivity contribution in [2.75, 3.05) is 13.2 Å². The molecule has 0 saturated heterocycles. The minimum Gasteiger partial charge on any atom is -0.482 e. The second-order valence-corrected chi connectivity index (χ2v) is 6.88. The van der Waals surface area contributed by atoms with Crippen LogP contribution >= 0.6 is 0 Å². The summed E-state index contributed by atoms with van der Waals surface area (Å²) >= 11 is 0. The SMILES string of the molecule is N#Cc1ccc(S(=O)(=O)NCCc2cccc(OCC(=O)O)c2)cc1. The molecule has 0 heterocycles. The highest BCUT2D eigenvalue weighted by Crippen LogP contribution is 2.14. The van der Waals surface area contributed by atoms with Crippen LogP contribution in [0.1, 0.15) is 11.1 Å². The number of carboxylic acids is 1. The molecule has 0 spiro atoms. The normalized spacial score (nSPS) is 10.8. The Labute approximate surface area is 145 Å². The minimum atomic E-state index is -3.66. The lowest BCUT2D eigenvalue weighted by Gasteiger charge is -2.08. The molecule has 0 atom stereocenters. The van der Waals surface area contributed by atoms with Gasteiger partial charge in [0.25, 0.3) is 0 Å². The van der Waals surface area contributed by atoms with Crippen molar-refractivity contribution in [3.05, 3.63) is 59.7 Å². The van der Waals surface area contributed by atoms with E-state index in [1.165, 1.54) is 24.3 Å². The lowest BCUT2D eigenvalue weighted by Crippen LogP contribution is -2.26. The zero-order chi connectivity index (χ0) is 18.3. The predicted octanol–water partition coefficient (Wildman–Crippen LogP) is 1.54. The van der Waals surface area contributed by atoms with Gasteiger partial charge in [-0.1, -0.05) is 12.1 Å². The van der Waals surface area contributed by atoms with E-state index in [9.17, 15) is 13.2 Å². The number of hydrogen-bond acceptors (Lipinski definition) is 5. The summed E-state index contributed by atoms with van der Waals surface area (Å²) in [6.07, 6.45) is 0.416. The summed E-state index contributed by atoms with van der Waals surface area (Å²) in [6, 6.07) is 14.4. The second kappa shape index (κ2) is 8.28. The van der Waals surface area contributed by atoms with E-state index in [4.69, 9.17) is 15.1 Å². The van der Waals surface area contributed by atoms with E-state index < -0.39 is 22.6 Å². The predicted molar refractivity (Wildman–Crippen MR) is 89.6 cm³/mol. The molecule has 0 aliphatic rings. The highest BCUT2D eigenvalue weighted by Gasteiger charge is 2.13. The highest BCUT2D eigenvalue weighted by atomic mass is 32.2. The number of carbonyl (C=O) groups is 1. The Morgan fingerprint density at radius 2 is 1.92 bits per heavy atom.